The number of aliphatic hydroxyl groups excluding tert-OH is 1. The van der Waals surface area contributed by atoms with Crippen LogP contribution < -0.4 is 18.9 Å². The fraction of sp³-hybridized carbons (Fsp3) is 0.647. The maximum absolute atomic E-state index is 8.60. The van der Waals surface area contributed by atoms with Gasteiger partial charge in [0.1, 0.15) is 49.4 Å². The lowest BCUT2D eigenvalue weighted by Crippen LogP contribution is -2.14. The average molecular weight is 1310 g/mol. The van der Waals surface area contributed by atoms with Crippen LogP contribution in [0.25, 0.3) is 0 Å². The Morgan fingerprint density at radius 1 is 0.196 bits per heavy atom. The van der Waals surface area contributed by atoms with Crippen LogP contribution in [-0.4, -0.2) is 276 Å². The predicted octanol–water partition coefficient (Wildman–Crippen LogP) is 6.62. The van der Waals surface area contributed by atoms with Crippen LogP contribution in [0.15, 0.2) is 109 Å². The van der Waals surface area contributed by atoms with Crippen molar-refractivity contribution in [3.63, 3.8) is 0 Å². The Labute approximate surface area is 546 Å². The second-order valence-corrected chi connectivity index (χ2v) is 19.1. The molecule has 0 aliphatic heterocycles. The third-order valence-electron chi connectivity index (χ3n) is 11.9. The summed E-state index contributed by atoms with van der Waals surface area (Å²) in [5, 5.41) is 8.60. The molecule has 0 saturated carbocycles. The maximum atomic E-state index is 8.60. The number of benzene rings is 4. The molecule has 0 unspecified atom stereocenters. The number of aliphatic hydroxyl groups is 1. The van der Waals surface area contributed by atoms with Gasteiger partial charge < -0.3 is 114 Å². The summed E-state index contributed by atoms with van der Waals surface area (Å²) >= 11 is 0. The van der Waals surface area contributed by atoms with E-state index in [2.05, 4.69) is 0 Å². The first-order valence-corrected chi connectivity index (χ1v) is 32.1. The second kappa shape index (κ2) is 66.3. The molecular formula is C68H108O24. The third kappa shape index (κ3) is 54.7. The van der Waals surface area contributed by atoms with Gasteiger partial charge in [-0.2, -0.15) is 0 Å². The standard InChI is InChI=1S/C35H56O12.C33H52O12/c1-2-36-12-13-37-14-15-38-16-18-40-22-24-43-28-30-46-34-8-10-35(11-9-34)47-31-29-44-25-23-41-19-17-39-20-21-42-26-27-45-32-33-6-4-3-5-7-33;34-10-11-35-12-13-36-14-15-38-20-22-41-26-28-44-32-6-8-33(9-7-32)45-29-27-42-23-21-39-17-16-37-18-19-40-24-25-43-30-31-4-2-1-3-5-31/h3-11H,2,12-32H2,1H3;1-9,34H,10-30H2. The summed E-state index contributed by atoms with van der Waals surface area (Å²) in [5.41, 5.74) is 2.31. The number of ether oxygens (including phenoxy) is 23. The second-order valence-electron chi connectivity index (χ2n) is 19.1. The highest BCUT2D eigenvalue weighted by molar-refractivity contribution is 5.32. The SMILES string of the molecule is CCOCCOCCOCCOCCOCCOc1ccc(OCCOCCOCCOCCOCCOCc2ccccc2)cc1.OCCOCCOCCOCCOCCOc1ccc(OCCOCCOCCOCCOCCOCc2ccccc2)cc1. The van der Waals surface area contributed by atoms with Crippen molar-refractivity contribution in [2.75, 3.05) is 271 Å². The summed E-state index contributed by atoms with van der Waals surface area (Å²) in [6.07, 6.45) is 0. The Kier molecular flexibility index (Phi) is 58.7. The Hall–Kier alpha value is -4.72. The van der Waals surface area contributed by atoms with Gasteiger partial charge in [0.05, 0.1) is 251 Å². The fourth-order valence-electron chi connectivity index (χ4n) is 7.28. The average Bonchev–Trinajstić information content (AvgIpc) is 3.59. The fourth-order valence-corrected chi connectivity index (χ4v) is 7.28. The van der Waals surface area contributed by atoms with Crippen molar-refractivity contribution in [2.24, 2.45) is 0 Å². The molecule has 4 rings (SSSR count). The maximum Gasteiger partial charge on any atom is 0.119 e. The lowest BCUT2D eigenvalue weighted by molar-refractivity contribution is -0.0139. The molecule has 0 amide bonds. The summed E-state index contributed by atoms with van der Waals surface area (Å²) in [5.74, 6) is 3.00. The number of rotatable bonds is 68. The molecule has 0 atom stereocenters. The van der Waals surface area contributed by atoms with Crippen LogP contribution in [0.1, 0.15) is 18.1 Å². The van der Waals surface area contributed by atoms with E-state index >= 15 is 0 Å². The molecule has 0 bridgehead atoms. The molecule has 0 saturated heterocycles. The van der Waals surface area contributed by atoms with Gasteiger partial charge in [0.25, 0.3) is 0 Å². The quantitative estimate of drug-likeness (QED) is 0.0458. The summed E-state index contributed by atoms with van der Waals surface area (Å²) < 4.78 is 126. The summed E-state index contributed by atoms with van der Waals surface area (Å²) in [6, 6.07) is 35.1. The first-order chi connectivity index (χ1) is 45.8. The van der Waals surface area contributed by atoms with Crippen molar-refractivity contribution in [1.82, 2.24) is 0 Å². The predicted molar refractivity (Wildman–Crippen MR) is 344 cm³/mol. The van der Waals surface area contributed by atoms with E-state index in [0.717, 1.165) is 34.1 Å². The molecule has 24 heteroatoms. The Morgan fingerprint density at radius 2 is 0.370 bits per heavy atom. The zero-order chi connectivity index (χ0) is 64.9. The van der Waals surface area contributed by atoms with Gasteiger partial charge in [-0.25, -0.2) is 0 Å². The molecule has 0 aliphatic rings. The normalized spacial score (nSPS) is 11.2. The van der Waals surface area contributed by atoms with Gasteiger partial charge in [-0.05, 0) is 66.6 Å². The van der Waals surface area contributed by atoms with E-state index in [0.29, 0.717) is 277 Å². The van der Waals surface area contributed by atoms with E-state index in [4.69, 9.17) is 114 Å². The van der Waals surface area contributed by atoms with Gasteiger partial charge in [-0.1, -0.05) is 60.7 Å². The molecule has 4 aromatic rings. The molecular weight excluding hydrogens is 1200 g/mol. The largest absolute Gasteiger partial charge is 0.491 e. The van der Waals surface area contributed by atoms with E-state index in [1.807, 2.05) is 116 Å². The monoisotopic (exact) mass is 1310 g/mol. The van der Waals surface area contributed by atoms with Crippen molar-refractivity contribution >= 4 is 0 Å². The van der Waals surface area contributed by atoms with Crippen molar-refractivity contribution in [2.45, 2.75) is 20.1 Å². The smallest absolute Gasteiger partial charge is 0.119 e. The summed E-state index contributed by atoms with van der Waals surface area (Å²) in [4.78, 5) is 0. The molecule has 0 aliphatic carbocycles. The van der Waals surface area contributed by atoms with Crippen LogP contribution in [0.4, 0.5) is 0 Å². The van der Waals surface area contributed by atoms with Crippen molar-refractivity contribution in [1.29, 1.82) is 0 Å². The Balaban J connectivity index is 0.000000481. The zero-order valence-electron chi connectivity index (χ0n) is 54.6. The Bertz CT molecular complexity index is 2070. The Morgan fingerprint density at radius 3 is 0.565 bits per heavy atom. The van der Waals surface area contributed by atoms with Gasteiger partial charge in [0.15, 0.2) is 0 Å². The molecule has 0 aromatic heterocycles. The van der Waals surface area contributed by atoms with E-state index in [-0.39, 0.29) is 6.61 Å². The lowest BCUT2D eigenvalue weighted by Gasteiger charge is -2.10. The van der Waals surface area contributed by atoms with Crippen LogP contribution in [0, 0.1) is 0 Å². The van der Waals surface area contributed by atoms with Crippen molar-refractivity contribution in [3.05, 3.63) is 120 Å². The minimum absolute atomic E-state index is 0.0226. The molecule has 0 heterocycles. The molecule has 0 radical (unpaired) electrons. The van der Waals surface area contributed by atoms with E-state index in [1.54, 1.807) is 0 Å². The molecule has 0 fully saturated rings. The van der Waals surface area contributed by atoms with Crippen molar-refractivity contribution < 1.29 is 114 Å². The number of hydrogen-bond donors (Lipinski definition) is 1. The van der Waals surface area contributed by atoms with Crippen LogP contribution in [0.2, 0.25) is 0 Å². The minimum atomic E-state index is 0.0226. The van der Waals surface area contributed by atoms with Crippen LogP contribution in [0.5, 0.6) is 23.0 Å². The lowest BCUT2D eigenvalue weighted by atomic mass is 10.2. The van der Waals surface area contributed by atoms with Gasteiger partial charge in [-0.3, -0.25) is 0 Å². The van der Waals surface area contributed by atoms with E-state index in [1.165, 1.54) is 0 Å². The first kappa shape index (κ1) is 81.5. The third-order valence-corrected chi connectivity index (χ3v) is 11.9. The van der Waals surface area contributed by atoms with Gasteiger partial charge in [0.2, 0.25) is 0 Å². The van der Waals surface area contributed by atoms with Crippen LogP contribution in [0.3, 0.4) is 0 Å². The molecule has 92 heavy (non-hydrogen) atoms. The van der Waals surface area contributed by atoms with Crippen LogP contribution in [-0.2, 0) is 103 Å². The zero-order valence-corrected chi connectivity index (χ0v) is 54.6. The molecule has 4 aromatic carbocycles. The first-order valence-electron chi connectivity index (χ1n) is 32.1. The van der Waals surface area contributed by atoms with Gasteiger partial charge in [0, 0.05) is 6.61 Å². The van der Waals surface area contributed by atoms with Crippen LogP contribution >= 0.6 is 0 Å². The van der Waals surface area contributed by atoms with Crippen molar-refractivity contribution in [3.8, 4) is 23.0 Å². The molecule has 0 spiro atoms. The van der Waals surface area contributed by atoms with Gasteiger partial charge in [-0.15, -0.1) is 0 Å². The molecule has 524 valence electrons. The molecule has 1 N–H and O–H groups in total. The number of hydrogen-bond acceptors (Lipinski definition) is 24. The van der Waals surface area contributed by atoms with E-state index in [9.17, 15) is 0 Å². The van der Waals surface area contributed by atoms with Gasteiger partial charge >= 0.3 is 0 Å². The highest BCUT2D eigenvalue weighted by Crippen LogP contribution is 2.19. The topological polar surface area (TPSA) is 233 Å². The minimum Gasteiger partial charge on any atom is -0.491 e. The summed E-state index contributed by atoms with van der Waals surface area (Å²) in [7, 11) is 0. The summed E-state index contributed by atoms with van der Waals surface area (Å²) in [6.45, 7) is 23.6. The molecule has 24 nitrogen and oxygen atoms in total. The highest BCUT2D eigenvalue weighted by atomic mass is 16.6. The highest BCUT2D eigenvalue weighted by Gasteiger charge is 2.03. The van der Waals surface area contributed by atoms with E-state index < -0.39 is 0 Å².